The number of amides is 1. The molecule has 1 N–H and O–H groups in total. The molecule has 8 nitrogen and oxygen atoms in total. The van der Waals surface area contributed by atoms with E-state index in [9.17, 15) is 9.59 Å². The molecule has 0 spiro atoms. The fraction of sp³-hybridized carbons (Fsp3) is 0.250. The number of esters is 1. The maximum absolute atomic E-state index is 12.0. The summed E-state index contributed by atoms with van der Waals surface area (Å²) in [5, 5.41) is 15.4. The van der Waals surface area contributed by atoms with Gasteiger partial charge in [0, 0.05) is 11.6 Å². The van der Waals surface area contributed by atoms with Gasteiger partial charge in [-0.2, -0.15) is 4.68 Å². The van der Waals surface area contributed by atoms with Crippen molar-refractivity contribution < 1.29 is 14.3 Å². The van der Waals surface area contributed by atoms with Crippen LogP contribution < -0.4 is 5.32 Å². The van der Waals surface area contributed by atoms with E-state index in [0.717, 1.165) is 34.1 Å². The van der Waals surface area contributed by atoms with Crippen LogP contribution in [0.25, 0.3) is 5.69 Å². The summed E-state index contributed by atoms with van der Waals surface area (Å²) >= 11 is 6.97. The summed E-state index contributed by atoms with van der Waals surface area (Å²) in [6.07, 6.45) is 0. The second-order valence-corrected chi connectivity index (χ2v) is 7.89. The molecule has 0 radical (unpaired) electrons. The zero-order chi connectivity index (χ0) is 21.5. The van der Waals surface area contributed by atoms with E-state index >= 15 is 0 Å². The lowest BCUT2D eigenvalue weighted by Crippen LogP contribution is -2.28. The zero-order valence-electron chi connectivity index (χ0n) is 16.5. The second kappa shape index (κ2) is 10.2. The van der Waals surface area contributed by atoms with Crippen LogP contribution in [0.15, 0.2) is 47.6 Å². The van der Waals surface area contributed by atoms with Gasteiger partial charge in [0.1, 0.15) is 0 Å². The summed E-state index contributed by atoms with van der Waals surface area (Å²) in [4.78, 5) is 23.9. The normalized spacial score (nSPS) is 10.6. The van der Waals surface area contributed by atoms with Crippen molar-refractivity contribution in [2.24, 2.45) is 0 Å². The summed E-state index contributed by atoms with van der Waals surface area (Å²) in [5.74, 6) is -0.934. The third-order valence-corrected chi connectivity index (χ3v) is 5.26. The first-order valence-corrected chi connectivity index (χ1v) is 10.4. The van der Waals surface area contributed by atoms with E-state index < -0.39 is 5.97 Å². The number of hydrogen-bond acceptors (Lipinski definition) is 7. The molecule has 0 aliphatic carbocycles. The van der Waals surface area contributed by atoms with Gasteiger partial charge in [0.15, 0.2) is 6.61 Å². The molecule has 3 rings (SSSR count). The van der Waals surface area contributed by atoms with Gasteiger partial charge in [-0.1, -0.05) is 47.6 Å². The van der Waals surface area contributed by atoms with Crippen molar-refractivity contribution in [2.75, 3.05) is 12.4 Å². The Morgan fingerprint density at radius 2 is 1.93 bits per heavy atom. The Morgan fingerprint density at radius 3 is 2.70 bits per heavy atom. The Hall–Kier alpha value is -2.91. The van der Waals surface area contributed by atoms with Gasteiger partial charge in [-0.05, 0) is 59.2 Å². The van der Waals surface area contributed by atoms with Crippen LogP contribution >= 0.6 is 23.4 Å². The van der Waals surface area contributed by atoms with Crippen molar-refractivity contribution in [3.63, 3.8) is 0 Å². The van der Waals surface area contributed by atoms with Gasteiger partial charge in [-0.25, -0.2) is 0 Å². The van der Waals surface area contributed by atoms with E-state index in [1.807, 2.05) is 44.2 Å². The average Bonchev–Trinajstić information content (AvgIpc) is 3.20. The Balaban J connectivity index is 1.46. The van der Waals surface area contributed by atoms with Gasteiger partial charge in [-0.3, -0.25) is 9.59 Å². The number of benzene rings is 2. The number of nitrogens with one attached hydrogen (secondary N) is 1. The predicted octanol–water partition coefficient (Wildman–Crippen LogP) is 2.88. The standard InChI is InChI=1S/C20H20ClN5O3S/c1-13-3-4-14(2)17(9-13)26-20(23-24-25-26)30-12-19(28)29-11-18(27)22-10-15-5-7-16(21)8-6-15/h3-9H,10-12H2,1-2H3,(H,22,27). The second-order valence-electron chi connectivity index (χ2n) is 6.52. The lowest BCUT2D eigenvalue weighted by atomic mass is 10.1. The highest BCUT2D eigenvalue weighted by molar-refractivity contribution is 7.99. The summed E-state index contributed by atoms with van der Waals surface area (Å²) in [6, 6.07) is 13.1. The molecule has 0 saturated heterocycles. The molecular formula is C20H20ClN5O3S. The molecule has 0 bridgehead atoms. The van der Waals surface area contributed by atoms with Crippen LogP contribution in [0.4, 0.5) is 0 Å². The highest BCUT2D eigenvalue weighted by Crippen LogP contribution is 2.21. The number of aryl methyl sites for hydroxylation is 2. The number of nitrogens with zero attached hydrogens (tertiary/aromatic N) is 4. The number of aromatic nitrogens is 4. The Morgan fingerprint density at radius 1 is 1.17 bits per heavy atom. The van der Waals surface area contributed by atoms with Gasteiger partial charge in [0.2, 0.25) is 5.16 Å². The molecule has 0 aliphatic heterocycles. The van der Waals surface area contributed by atoms with Crippen molar-refractivity contribution in [1.29, 1.82) is 0 Å². The minimum Gasteiger partial charge on any atom is -0.455 e. The summed E-state index contributed by atoms with van der Waals surface area (Å²) in [6.45, 7) is 3.92. The molecule has 1 heterocycles. The van der Waals surface area contributed by atoms with E-state index in [-0.39, 0.29) is 18.3 Å². The van der Waals surface area contributed by atoms with Crippen molar-refractivity contribution >= 4 is 35.2 Å². The maximum atomic E-state index is 12.0. The van der Waals surface area contributed by atoms with E-state index in [4.69, 9.17) is 16.3 Å². The molecule has 0 saturated carbocycles. The molecule has 3 aromatic rings. The van der Waals surface area contributed by atoms with Crippen molar-refractivity contribution in [2.45, 2.75) is 25.5 Å². The number of carbonyl (C=O) groups is 2. The van der Waals surface area contributed by atoms with E-state index in [2.05, 4.69) is 20.8 Å². The van der Waals surface area contributed by atoms with Crippen LogP contribution in [0.1, 0.15) is 16.7 Å². The molecule has 0 atom stereocenters. The SMILES string of the molecule is Cc1ccc(C)c(-n2nnnc2SCC(=O)OCC(=O)NCc2ccc(Cl)cc2)c1. The van der Waals surface area contributed by atoms with E-state index in [0.29, 0.717) is 16.7 Å². The fourth-order valence-electron chi connectivity index (χ4n) is 2.53. The Labute approximate surface area is 182 Å². The third kappa shape index (κ3) is 6.04. The minimum absolute atomic E-state index is 0.0182. The lowest BCUT2D eigenvalue weighted by molar-refractivity contribution is -0.145. The maximum Gasteiger partial charge on any atom is 0.316 e. The van der Waals surface area contributed by atoms with Crippen LogP contribution in [0.2, 0.25) is 5.02 Å². The van der Waals surface area contributed by atoms with Crippen LogP contribution in [-0.2, 0) is 20.9 Å². The predicted molar refractivity (Wildman–Crippen MR) is 114 cm³/mol. The first-order valence-electron chi connectivity index (χ1n) is 9.08. The average molecular weight is 446 g/mol. The minimum atomic E-state index is -0.530. The number of ether oxygens (including phenoxy) is 1. The van der Waals surface area contributed by atoms with Crippen LogP contribution in [0.5, 0.6) is 0 Å². The summed E-state index contributed by atoms with van der Waals surface area (Å²) in [7, 11) is 0. The number of halogens is 1. The van der Waals surface area contributed by atoms with Crippen LogP contribution in [0, 0.1) is 13.8 Å². The van der Waals surface area contributed by atoms with Gasteiger partial charge < -0.3 is 10.1 Å². The zero-order valence-corrected chi connectivity index (χ0v) is 18.0. The molecule has 1 aromatic heterocycles. The Kier molecular flexibility index (Phi) is 7.42. The molecule has 0 unspecified atom stereocenters. The molecule has 0 aliphatic rings. The third-order valence-electron chi connectivity index (χ3n) is 4.12. The molecule has 0 fully saturated rings. The number of carbonyl (C=O) groups excluding carboxylic acids is 2. The van der Waals surface area contributed by atoms with Crippen molar-refractivity contribution in [3.8, 4) is 5.69 Å². The number of tetrazole rings is 1. The number of hydrogen-bond donors (Lipinski definition) is 1. The highest BCUT2D eigenvalue weighted by Gasteiger charge is 2.15. The summed E-state index contributed by atoms with van der Waals surface area (Å²) in [5.41, 5.74) is 3.83. The first-order chi connectivity index (χ1) is 14.4. The van der Waals surface area contributed by atoms with E-state index in [1.54, 1.807) is 16.8 Å². The smallest absolute Gasteiger partial charge is 0.316 e. The largest absolute Gasteiger partial charge is 0.455 e. The quantitative estimate of drug-likeness (QED) is 0.420. The molecular weight excluding hydrogens is 426 g/mol. The van der Waals surface area contributed by atoms with Gasteiger partial charge in [0.05, 0.1) is 11.4 Å². The molecule has 10 heteroatoms. The number of rotatable bonds is 8. The topological polar surface area (TPSA) is 99.0 Å². The molecule has 2 aromatic carbocycles. The van der Waals surface area contributed by atoms with Gasteiger partial charge >= 0.3 is 5.97 Å². The van der Waals surface area contributed by atoms with E-state index in [1.165, 1.54) is 0 Å². The fourth-order valence-corrected chi connectivity index (χ4v) is 3.34. The Bertz CT molecular complexity index is 1040. The lowest BCUT2D eigenvalue weighted by Gasteiger charge is -2.09. The summed E-state index contributed by atoms with van der Waals surface area (Å²) < 4.78 is 6.61. The molecule has 30 heavy (non-hydrogen) atoms. The van der Waals surface area contributed by atoms with Crippen LogP contribution in [-0.4, -0.2) is 44.4 Å². The van der Waals surface area contributed by atoms with Crippen molar-refractivity contribution in [3.05, 3.63) is 64.2 Å². The first kappa shape index (κ1) is 21.8. The highest BCUT2D eigenvalue weighted by atomic mass is 35.5. The number of thioether (sulfide) groups is 1. The molecule has 156 valence electrons. The molecule has 1 amide bonds. The van der Waals surface area contributed by atoms with Crippen LogP contribution in [0.3, 0.4) is 0 Å². The van der Waals surface area contributed by atoms with Gasteiger partial charge in [-0.15, -0.1) is 5.10 Å². The van der Waals surface area contributed by atoms with Gasteiger partial charge in [0.25, 0.3) is 5.91 Å². The van der Waals surface area contributed by atoms with Crippen molar-refractivity contribution in [1.82, 2.24) is 25.5 Å². The monoisotopic (exact) mass is 445 g/mol.